The van der Waals surface area contributed by atoms with Crippen LogP contribution in [0.2, 0.25) is 0 Å². The molecule has 2 rings (SSSR count). The number of benzene rings is 1. The molecular formula is C10H10FN3S. The summed E-state index contributed by atoms with van der Waals surface area (Å²) in [6, 6.07) is 6.39. The number of hydrogen-bond acceptors (Lipinski definition) is 4. The van der Waals surface area contributed by atoms with Crippen molar-refractivity contribution in [1.29, 1.82) is 0 Å². The maximum absolute atomic E-state index is 13.0. The number of halogens is 1. The van der Waals surface area contributed by atoms with E-state index in [4.69, 9.17) is 0 Å². The van der Waals surface area contributed by atoms with E-state index in [1.54, 1.807) is 6.07 Å². The second-order valence-electron chi connectivity index (χ2n) is 3.09. The van der Waals surface area contributed by atoms with E-state index in [1.807, 2.05) is 13.1 Å². The molecule has 0 aliphatic heterocycles. The topological polar surface area (TPSA) is 37.8 Å². The van der Waals surface area contributed by atoms with Crippen LogP contribution < -0.4 is 5.32 Å². The Kier molecular flexibility index (Phi) is 3.03. The lowest BCUT2D eigenvalue weighted by atomic mass is 10.1. The van der Waals surface area contributed by atoms with Gasteiger partial charge in [-0.15, -0.1) is 5.10 Å². The average molecular weight is 223 g/mol. The SMILES string of the molecule is CNCc1snnc1-c1cccc(F)c1. The zero-order valence-electron chi connectivity index (χ0n) is 8.20. The normalized spacial score (nSPS) is 10.5. The van der Waals surface area contributed by atoms with Crippen molar-refractivity contribution in [2.75, 3.05) is 7.05 Å². The van der Waals surface area contributed by atoms with Crippen LogP contribution >= 0.6 is 11.5 Å². The largest absolute Gasteiger partial charge is 0.315 e. The molecule has 0 aliphatic carbocycles. The van der Waals surface area contributed by atoms with Crippen LogP contribution in [-0.2, 0) is 6.54 Å². The fraction of sp³-hybridized carbons (Fsp3) is 0.200. The fourth-order valence-corrected chi connectivity index (χ4v) is 2.02. The van der Waals surface area contributed by atoms with Gasteiger partial charge in [-0.3, -0.25) is 0 Å². The number of hydrogen-bond donors (Lipinski definition) is 1. The molecule has 0 saturated heterocycles. The standard InChI is InChI=1S/C10H10FN3S/c1-12-6-9-10(13-14-15-9)7-3-2-4-8(11)5-7/h2-5,12H,6H2,1H3. The number of nitrogens with zero attached hydrogens (tertiary/aromatic N) is 2. The molecule has 0 amide bonds. The van der Waals surface area contributed by atoms with Crippen LogP contribution in [0.15, 0.2) is 24.3 Å². The number of aromatic nitrogens is 2. The first kappa shape index (κ1) is 10.2. The molecule has 5 heteroatoms. The van der Waals surface area contributed by atoms with Gasteiger partial charge in [0.1, 0.15) is 11.5 Å². The summed E-state index contributed by atoms with van der Waals surface area (Å²) in [7, 11) is 1.86. The smallest absolute Gasteiger partial charge is 0.123 e. The second-order valence-corrected chi connectivity index (χ2v) is 3.92. The minimum absolute atomic E-state index is 0.254. The molecule has 1 N–H and O–H groups in total. The summed E-state index contributed by atoms with van der Waals surface area (Å²) in [5.41, 5.74) is 1.53. The minimum atomic E-state index is -0.254. The number of rotatable bonds is 3. The van der Waals surface area contributed by atoms with Crippen LogP contribution in [0.3, 0.4) is 0 Å². The van der Waals surface area contributed by atoms with E-state index in [9.17, 15) is 4.39 Å². The van der Waals surface area contributed by atoms with Crippen LogP contribution in [-0.4, -0.2) is 16.6 Å². The first-order valence-corrected chi connectivity index (χ1v) is 5.30. The van der Waals surface area contributed by atoms with Crippen molar-refractivity contribution < 1.29 is 4.39 Å². The summed E-state index contributed by atoms with van der Waals surface area (Å²) >= 11 is 1.33. The summed E-state index contributed by atoms with van der Waals surface area (Å²) in [6.45, 7) is 0.698. The maximum atomic E-state index is 13.0. The van der Waals surface area contributed by atoms with Gasteiger partial charge in [-0.05, 0) is 30.7 Å². The van der Waals surface area contributed by atoms with Crippen molar-refractivity contribution in [3.8, 4) is 11.3 Å². The van der Waals surface area contributed by atoms with Crippen molar-refractivity contribution in [2.24, 2.45) is 0 Å². The Morgan fingerprint density at radius 1 is 1.47 bits per heavy atom. The Hall–Kier alpha value is -1.33. The minimum Gasteiger partial charge on any atom is -0.315 e. The molecule has 0 spiro atoms. The lowest BCUT2D eigenvalue weighted by Crippen LogP contribution is -2.04. The summed E-state index contributed by atoms with van der Waals surface area (Å²) in [6.07, 6.45) is 0. The Morgan fingerprint density at radius 2 is 2.33 bits per heavy atom. The maximum Gasteiger partial charge on any atom is 0.123 e. The second kappa shape index (κ2) is 4.46. The van der Waals surface area contributed by atoms with E-state index in [0.29, 0.717) is 6.54 Å². The summed E-state index contributed by atoms with van der Waals surface area (Å²) in [5.74, 6) is -0.254. The van der Waals surface area contributed by atoms with E-state index in [0.717, 1.165) is 16.1 Å². The highest BCUT2D eigenvalue weighted by Gasteiger charge is 2.09. The molecule has 78 valence electrons. The summed E-state index contributed by atoms with van der Waals surface area (Å²) < 4.78 is 16.9. The van der Waals surface area contributed by atoms with Crippen molar-refractivity contribution in [1.82, 2.24) is 14.9 Å². The predicted molar refractivity (Wildman–Crippen MR) is 58.1 cm³/mol. The van der Waals surface area contributed by atoms with Gasteiger partial charge < -0.3 is 5.32 Å². The zero-order valence-corrected chi connectivity index (χ0v) is 9.01. The monoisotopic (exact) mass is 223 g/mol. The van der Waals surface area contributed by atoms with E-state index in [2.05, 4.69) is 14.9 Å². The lowest BCUT2D eigenvalue weighted by Gasteiger charge is -2.00. The predicted octanol–water partition coefficient (Wildman–Crippen LogP) is 2.06. The van der Waals surface area contributed by atoms with Gasteiger partial charge in [0.25, 0.3) is 0 Å². The highest BCUT2D eigenvalue weighted by Crippen LogP contribution is 2.23. The quantitative estimate of drug-likeness (QED) is 0.865. The van der Waals surface area contributed by atoms with Crippen LogP contribution in [0.25, 0.3) is 11.3 Å². The molecule has 1 aromatic heterocycles. The molecule has 3 nitrogen and oxygen atoms in total. The first-order chi connectivity index (χ1) is 7.31. The first-order valence-electron chi connectivity index (χ1n) is 4.53. The van der Waals surface area contributed by atoms with Gasteiger partial charge in [0.2, 0.25) is 0 Å². The van der Waals surface area contributed by atoms with Crippen molar-refractivity contribution in [2.45, 2.75) is 6.54 Å². The van der Waals surface area contributed by atoms with E-state index >= 15 is 0 Å². The van der Waals surface area contributed by atoms with Gasteiger partial charge in [-0.1, -0.05) is 16.6 Å². The van der Waals surface area contributed by atoms with Gasteiger partial charge >= 0.3 is 0 Å². The Labute approximate surface area is 91.1 Å². The molecule has 0 bridgehead atoms. The van der Waals surface area contributed by atoms with Gasteiger partial charge in [0.15, 0.2) is 0 Å². The molecule has 0 atom stereocenters. The highest BCUT2D eigenvalue weighted by molar-refractivity contribution is 7.05. The lowest BCUT2D eigenvalue weighted by molar-refractivity contribution is 0.628. The van der Waals surface area contributed by atoms with Crippen molar-refractivity contribution in [3.63, 3.8) is 0 Å². The third kappa shape index (κ3) is 2.19. The molecular weight excluding hydrogens is 213 g/mol. The van der Waals surface area contributed by atoms with E-state index < -0.39 is 0 Å². The van der Waals surface area contributed by atoms with Crippen molar-refractivity contribution in [3.05, 3.63) is 35.0 Å². The molecule has 0 saturated carbocycles. The van der Waals surface area contributed by atoms with Crippen LogP contribution in [0.5, 0.6) is 0 Å². The van der Waals surface area contributed by atoms with Crippen LogP contribution in [0, 0.1) is 5.82 Å². The van der Waals surface area contributed by atoms with Crippen LogP contribution in [0.4, 0.5) is 4.39 Å². The summed E-state index contributed by atoms with van der Waals surface area (Å²) in [4.78, 5) is 1.02. The average Bonchev–Trinajstić information content (AvgIpc) is 2.66. The molecule has 0 fully saturated rings. The zero-order chi connectivity index (χ0) is 10.7. The summed E-state index contributed by atoms with van der Waals surface area (Å²) in [5, 5.41) is 7.04. The van der Waals surface area contributed by atoms with Crippen molar-refractivity contribution >= 4 is 11.5 Å². The molecule has 0 aliphatic rings. The molecule has 0 unspecified atom stereocenters. The van der Waals surface area contributed by atoms with Gasteiger partial charge in [-0.25, -0.2) is 4.39 Å². The third-order valence-electron chi connectivity index (χ3n) is 1.99. The van der Waals surface area contributed by atoms with Gasteiger partial charge in [-0.2, -0.15) is 0 Å². The highest BCUT2D eigenvalue weighted by atomic mass is 32.1. The molecule has 1 heterocycles. The van der Waals surface area contributed by atoms with Gasteiger partial charge in [0.05, 0.1) is 4.88 Å². The fourth-order valence-electron chi connectivity index (χ4n) is 1.34. The van der Waals surface area contributed by atoms with Crippen LogP contribution in [0.1, 0.15) is 4.88 Å². The molecule has 15 heavy (non-hydrogen) atoms. The van der Waals surface area contributed by atoms with Gasteiger partial charge in [0, 0.05) is 12.1 Å². The van der Waals surface area contributed by atoms with E-state index in [1.165, 1.54) is 23.7 Å². The number of nitrogens with one attached hydrogen (secondary N) is 1. The molecule has 1 aromatic carbocycles. The van der Waals surface area contributed by atoms with E-state index in [-0.39, 0.29) is 5.82 Å². The Morgan fingerprint density at radius 3 is 3.07 bits per heavy atom. The Bertz CT molecular complexity index is 455. The Balaban J connectivity index is 2.40. The molecule has 2 aromatic rings. The third-order valence-corrected chi connectivity index (χ3v) is 2.71. The molecule has 0 radical (unpaired) electrons.